The van der Waals surface area contributed by atoms with Crippen molar-refractivity contribution in [1.29, 1.82) is 0 Å². The van der Waals surface area contributed by atoms with Gasteiger partial charge in [-0.05, 0) is 76.9 Å². The summed E-state index contributed by atoms with van der Waals surface area (Å²) in [5.74, 6) is -0.966. The number of H-pyrrole nitrogens is 1. The molecule has 188 valence electrons. The summed E-state index contributed by atoms with van der Waals surface area (Å²) in [6.45, 7) is 0.864. The second kappa shape index (κ2) is 10.4. The molecule has 1 aliphatic heterocycles. The van der Waals surface area contributed by atoms with Crippen LogP contribution in [0.5, 0.6) is 0 Å². The molecule has 1 unspecified atom stereocenters. The van der Waals surface area contributed by atoms with Crippen molar-refractivity contribution in [3.05, 3.63) is 88.8 Å². The van der Waals surface area contributed by atoms with E-state index in [1.54, 1.807) is 47.5 Å². The highest BCUT2D eigenvalue weighted by molar-refractivity contribution is 9.10. The Labute approximate surface area is 220 Å². The maximum Gasteiger partial charge on any atom is 0.323 e. The van der Waals surface area contributed by atoms with Crippen molar-refractivity contribution in [2.24, 2.45) is 5.92 Å². The van der Waals surface area contributed by atoms with E-state index in [4.69, 9.17) is 0 Å². The zero-order chi connectivity index (χ0) is 25.9. The smallest absolute Gasteiger partial charge is 0.323 e. The molecule has 3 aromatic carbocycles. The van der Waals surface area contributed by atoms with Gasteiger partial charge in [0.15, 0.2) is 0 Å². The predicted molar refractivity (Wildman–Crippen MR) is 144 cm³/mol. The van der Waals surface area contributed by atoms with Gasteiger partial charge in [0.1, 0.15) is 5.82 Å². The molecule has 0 spiro atoms. The van der Waals surface area contributed by atoms with Crippen LogP contribution in [0, 0.1) is 11.7 Å². The van der Waals surface area contributed by atoms with E-state index in [0.717, 1.165) is 4.47 Å². The summed E-state index contributed by atoms with van der Waals surface area (Å²) in [5, 5.41) is 8.86. The van der Waals surface area contributed by atoms with Crippen molar-refractivity contribution < 1.29 is 18.8 Å². The lowest BCUT2D eigenvalue weighted by molar-refractivity contribution is -0.119. The summed E-state index contributed by atoms with van der Waals surface area (Å²) < 4.78 is 14.3. The van der Waals surface area contributed by atoms with Gasteiger partial charge in [-0.3, -0.25) is 9.59 Å². The summed E-state index contributed by atoms with van der Waals surface area (Å²) >= 11 is 3.41. The number of benzene rings is 3. The van der Waals surface area contributed by atoms with Crippen molar-refractivity contribution in [2.45, 2.75) is 6.42 Å². The first-order valence-electron chi connectivity index (χ1n) is 11.7. The Balaban J connectivity index is 1.14. The quantitative estimate of drug-likeness (QED) is 0.246. The van der Waals surface area contributed by atoms with Crippen molar-refractivity contribution in [2.75, 3.05) is 29.0 Å². The van der Waals surface area contributed by atoms with Crippen molar-refractivity contribution in [3.8, 4) is 0 Å². The van der Waals surface area contributed by atoms with Gasteiger partial charge >= 0.3 is 6.03 Å². The maximum absolute atomic E-state index is 13.6. The Kier molecular flexibility index (Phi) is 6.91. The number of rotatable bonds is 5. The summed E-state index contributed by atoms with van der Waals surface area (Å²) in [6, 6.07) is 17.8. The summed E-state index contributed by atoms with van der Waals surface area (Å²) in [4.78, 5) is 42.7. The molecule has 37 heavy (non-hydrogen) atoms. The zero-order valence-electron chi connectivity index (χ0n) is 19.6. The number of aromatic amines is 1. The lowest BCUT2D eigenvalue weighted by Crippen LogP contribution is -2.31. The number of carbonyl (C=O) groups excluding carboxylic acids is 3. The molecule has 1 fully saturated rings. The molecule has 10 heteroatoms. The molecule has 1 atom stereocenters. The summed E-state index contributed by atoms with van der Waals surface area (Å²) in [6.07, 6.45) is 2.18. The normalized spacial score (nSPS) is 15.0. The number of anilines is 3. The first kappa shape index (κ1) is 24.5. The maximum atomic E-state index is 13.6. The van der Waals surface area contributed by atoms with Crippen LogP contribution in [0.1, 0.15) is 16.8 Å². The van der Waals surface area contributed by atoms with Crippen LogP contribution in [0.3, 0.4) is 0 Å². The number of nitrogens with one attached hydrogen (secondary N) is 4. The van der Waals surface area contributed by atoms with Gasteiger partial charge in [0.25, 0.3) is 5.91 Å². The molecule has 0 bridgehead atoms. The van der Waals surface area contributed by atoms with Crippen LogP contribution in [-0.4, -0.2) is 40.8 Å². The van der Waals surface area contributed by atoms with Crippen LogP contribution < -0.4 is 16.0 Å². The Bertz CT molecular complexity index is 1490. The minimum absolute atomic E-state index is 0.103. The molecular weight excluding hydrogens is 541 g/mol. The molecular formula is C27H23BrFN5O3. The first-order valence-corrected chi connectivity index (χ1v) is 12.5. The van der Waals surface area contributed by atoms with Crippen LogP contribution in [0.2, 0.25) is 0 Å². The Morgan fingerprint density at radius 2 is 1.68 bits per heavy atom. The van der Waals surface area contributed by atoms with Crippen LogP contribution in [-0.2, 0) is 4.79 Å². The van der Waals surface area contributed by atoms with E-state index in [1.807, 2.05) is 18.2 Å². The fourth-order valence-corrected chi connectivity index (χ4v) is 4.78. The molecule has 5 rings (SSSR count). The number of aromatic nitrogens is 1. The second-order valence-electron chi connectivity index (χ2n) is 8.75. The highest BCUT2D eigenvalue weighted by Crippen LogP contribution is 2.26. The molecule has 8 nitrogen and oxygen atoms in total. The third-order valence-corrected chi connectivity index (χ3v) is 6.94. The Morgan fingerprint density at radius 3 is 2.43 bits per heavy atom. The minimum Gasteiger partial charge on any atom is -0.359 e. The summed E-state index contributed by atoms with van der Waals surface area (Å²) in [5.41, 5.74) is 2.85. The second-order valence-corrected chi connectivity index (χ2v) is 9.61. The van der Waals surface area contributed by atoms with Crippen LogP contribution in [0.25, 0.3) is 10.9 Å². The average molecular weight is 564 g/mol. The van der Waals surface area contributed by atoms with Gasteiger partial charge in [-0.15, -0.1) is 0 Å². The molecule has 0 saturated carbocycles. The van der Waals surface area contributed by atoms with Gasteiger partial charge in [0, 0.05) is 46.0 Å². The van der Waals surface area contributed by atoms with Crippen molar-refractivity contribution in [3.63, 3.8) is 0 Å². The fourth-order valence-electron chi connectivity index (χ4n) is 4.33. The van der Waals surface area contributed by atoms with Gasteiger partial charge < -0.3 is 25.8 Å². The van der Waals surface area contributed by atoms with Crippen molar-refractivity contribution in [1.82, 2.24) is 9.88 Å². The molecule has 4 amide bonds. The highest BCUT2D eigenvalue weighted by Gasteiger charge is 2.32. The average Bonchev–Trinajstić information content (AvgIpc) is 3.53. The largest absolute Gasteiger partial charge is 0.359 e. The number of nitrogens with zero attached hydrogens (tertiary/aromatic N) is 1. The number of hydrogen-bond donors (Lipinski definition) is 4. The van der Waals surface area contributed by atoms with Crippen molar-refractivity contribution >= 4 is 61.7 Å². The zero-order valence-corrected chi connectivity index (χ0v) is 21.1. The molecule has 0 aliphatic carbocycles. The van der Waals surface area contributed by atoms with E-state index in [-0.39, 0.29) is 17.7 Å². The molecule has 1 saturated heterocycles. The van der Waals surface area contributed by atoms with E-state index >= 15 is 0 Å². The SMILES string of the molecule is O=C(Nc1ccc(NC(=O)C2CCN(C(=O)c3ccccc3Br)C2)cc1)Nc1c[nH]c2ccc(F)cc12. The number of amides is 4. The van der Waals surface area contributed by atoms with E-state index < -0.39 is 11.8 Å². The third-order valence-electron chi connectivity index (χ3n) is 6.25. The van der Waals surface area contributed by atoms with E-state index in [0.29, 0.717) is 53.0 Å². The minimum atomic E-state index is -0.484. The van der Waals surface area contributed by atoms with Gasteiger partial charge in [0.2, 0.25) is 5.91 Å². The standard InChI is InChI=1S/C27H23BrFN5O3/c28-22-4-2-1-3-20(22)26(36)34-12-11-16(15-34)25(35)31-18-6-8-19(9-7-18)32-27(37)33-24-14-30-23-10-5-17(29)13-21(23)24/h1-10,13-14,16,30H,11-12,15H2,(H,31,35)(H2,32,33,37). The Hall–Kier alpha value is -4.18. The lowest BCUT2D eigenvalue weighted by Gasteiger charge is -2.17. The van der Waals surface area contributed by atoms with Gasteiger partial charge in [-0.1, -0.05) is 12.1 Å². The van der Waals surface area contributed by atoms with Gasteiger partial charge in [-0.2, -0.15) is 0 Å². The van der Waals surface area contributed by atoms with Gasteiger partial charge in [0.05, 0.1) is 17.2 Å². The number of hydrogen-bond acceptors (Lipinski definition) is 3. The van der Waals surface area contributed by atoms with Crippen LogP contribution in [0.15, 0.2) is 77.4 Å². The number of urea groups is 1. The molecule has 2 heterocycles. The number of halogens is 2. The van der Waals surface area contributed by atoms with Gasteiger partial charge in [-0.25, -0.2) is 9.18 Å². The molecule has 4 N–H and O–H groups in total. The number of likely N-dealkylation sites (tertiary alicyclic amines) is 1. The fraction of sp³-hybridized carbons (Fsp3) is 0.148. The molecule has 1 aromatic heterocycles. The topological polar surface area (TPSA) is 106 Å². The number of carbonyl (C=O) groups is 3. The van der Waals surface area contributed by atoms with E-state index in [9.17, 15) is 18.8 Å². The summed E-state index contributed by atoms with van der Waals surface area (Å²) in [7, 11) is 0. The third kappa shape index (κ3) is 5.49. The molecule has 0 radical (unpaired) electrons. The van der Waals surface area contributed by atoms with E-state index in [1.165, 1.54) is 12.1 Å². The molecule has 4 aromatic rings. The first-order chi connectivity index (χ1) is 17.9. The lowest BCUT2D eigenvalue weighted by atomic mass is 10.1. The van der Waals surface area contributed by atoms with Crippen LogP contribution >= 0.6 is 15.9 Å². The number of fused-ring (bicyclic) bond motifs is 1. The molecule has 1 aliphatic rings. The highest BCUT2D eigenvalue weighted by atomic mass is 79.9. The van der Waals surface area contributed by atoms with E-state index in [2.05, 4.69) is 36.9 Å². The van der Waals surface area contributed by atoms with Crippen LogP contribution in [0.4, 0.5) is 26.2 Å². The monoisotopic (exact) mass is 563 g/mol. The Morgan fingerprint density at radius 1 is 0.946 bits per heavy atom. The predicted octanol–water partition coefficient (Wildman–Crippen LogP) is 5.81.